The maximum absolute atomic E-state index is 13.8. The topological polar surface area (TPSA) is 0 Å². The van der Waals surface area contributed by atoms with Crippen molar-refractivity contribution in [2.24, 2.45) is 11.3 Å². The van der Waals surface area contributed by atoms with E-state index in [1.807, 2.05) is 0 Å². The third kappa shape index (κ3) is 2.76. The maximum Gasteiger partial charge on any atom is 0.130 e. The Bertz CT molecular complexity index is 429. The Morgan fingerprint density at radius 1 is 1.28 bits per heavy atom. The van der Waals surface area contributed by atoms with Crippen molar-refractivity contribution in [3.63, 3.8) is 0 Å². The van der Waals surface area contributed by atoms with Crippen LogP contribution in [0.2, 0.25) is 0 Å². The van der Waals surface area contributed by atoms with E-state index in [0.717, 1.165) is 12.5 Å². The van der Waals surface area contributed by atoms with Crippen molar-refractivity contribution in [3.8, 4) is 0 Å². The molecule has 100 valence electrons. The van der Waals surface area contributed by atoms with Gasteiger partial charge in [-0.05, 0) is 30.2 Å². The number of hydrogen-bond acceptors (Lipinski definition) is 0. The van der Waals surface area contributed by atoms with Crippen LogP contribution in [0.15, 0.2) is 18.2 Å². The molecule has 1 saturated carbocycles. The lowest BCUT2D eigenvalue weighted by Crippen LogP contribution is -2.31. The molecule has 3 heteroatoms. The van der Waals surface area contributed by atoms with E-state index >= 15 is 0 Å². The molecule has 0 aromatic heterocycles. The average Bonchev–Trinajstić information content (AvgIpc) is 2.27. The molecular formula is C15H19BrF2. The van der Waals surface area contributed by atoms with Gasteiger partial charge in [0.05, 0.1) is 0 Å². The Balaban J connectivity index is 2.27. The zero-order valence-corrected chi connectivity index (χ0v) is 12.4. The number of benzene rings is 1. The SMILES string of the molecule is CC1(C)CCCCC1C(Br)c1ccc(F)cc1F. The van der Waals surface area contributed by atoms with Gasteiger partial charge in [-0.1, -0.05) is 48.7 Å². The highest BCUT2D eigenvalue weighted by Crippen LogP contribution is 2.50. The molecule has 0 nitrogen and oxygen atoms in total. The molecular weight excluding hydrogens is 298 g/mol. The summed E-state index contributed by atoms with van der Waals surface area (Å²) in [5.41, 5.74) is 0.782. The van der Waals surface area contributed by atoms with Gasteiger partial charge in [-0.15, -0.1) is 0 Å². The molecule has 1 aromatic carbocycles. The van der Waals surface area contributed by atoms with Gasteiger partial charge in [0.15, 0.2) is 0 Å². The Labute approximate surface area is 116 Å². The Morgan fingerprint density at radius 2 is 2.00 bits per heavy atom. The molecule has 0 radical (unpaired) electrons. The van der Waals surface area contributed by atoms with Gasteiger partial charge in [0.25, 0.3) is 0 Å². The number of alkyl halides is 1. The van der Waals surface area contributed by atoms with Crippen molar-refractivity contribution in [1.29, 1.82) is 0 Å². The van der Waals surface area contributed by atoms with Crippen molar-refractivity contribution < 1.29 is 8.78 Å². The van der Waals surface area contributed by atoms with E-state index in [-0.39, 0.29) is 10.2 Å². The van der Waals surface area contributed by atoms with Crippen molar-refractivity contribution in [3.05, 3.63) is 35.4 Å². The molecule has 1 aromatic rings. The lowest BCUT2D eigenvalue weighted by Gasteiger charge is -2.41. The van der Waals surface area contributed by atoms with Crippen LogP contribution in [0.5, 0.6) is 0 Å². The second-order valence-corrected chi connectivity index (χ2v) is 6.89. The van der Waals surface area contributed by atoms with Gasteiger partial charge in [-0.25, -0.2) is 8.78 Å². The Hall–Kier alpha value is -0.440. The van der Waals surface area contributed by atoms with E-state index in [1.54, 1.807) is 6.07 Å². The third-order valence-corrected chi connectivity index (χ3v) is 5.33. The fourth-order valence-corrected chi connectivity index (χ4v) is 4.36. The van der Waals surface area contributed by atoms with Crippen LogP contribution in [0, 0.1) is 23.0 Å². The summed E-state index contributed by atoms with van der Waals surface area (Å²) < 4.78 is 26.8. The van der Waals surface area contributed by atoms with Crippen molar-refractivity contribution in [2.45, 2.75) is 44.4 Å². The highest BCUT2D eigenvalue weighted by atomic mass is 79.9. The second kappa shape index (κ2) is 5.28. The molecule has 18 heavy (non-hydrogen) atoms. The second-order valence-electron chi connectivity index (χ2n) is 5.91. The van der Waals surface area contributed by atoms with E-state index in [4.69, 9.17) is 0 Å². The highest BCUT2D eigenvalue weighted by Gasteiger charge is 2.37. The maximum atomic E-state index is 13.8. The summed E-state index contributed by atoms with van der Waals surface area (Å²) in [5.74, 6) is -0.566. The van der Waals surface area contributed by atoms with Crippen LogP contribution in [0.4, 0.5) is 8.78 Å². The van der Waals surface area contributed by atoms with Gasteiger partial charge in [-0.3, -0.25) is 0 Å². The van der Waals surface area contributed by atoms with Crippen molar-refractivity contribution >= 4 is 15.9 Å². The number of rotatable bonds is 2. The number of hydrogen-bond donors (Lipinski definition) is 0. The summed E-state index contributed by atoms with van der Waals surface area (Å²) in [6.07, 6.45) is 4.70. The van der Waals surface area contributed by atoms with Crippen molar-refractivity contribution in [2.75, 3.05) is 0 Å². The molecule has 0 N–H and O–H groups in total. The highest BCUT2D eigenvalue weighted by molar-refractivity contribution is 9.09. The minimum Gasteiger partial charge on any atom is -0.207 e. The summed E-state index contributed by atoms with van der Waals surface area (Å²) in [5, 5.41) is 0. The van der Waals surface area contributed by atoms with Crippen LogP contribution >= 0.6 is 15.9 Å². The Kier molecular flexibility index (Phi) is 4.10. The first-order valence-corrected chi connectivity index (χ1v) is 7.42. The summed E-state index contributed by atoms with van der Waals surface area (Å²) in [7, 11) is 0. The zero-order valence-electron chi connectivity index (χ0n) is 10.8. The van der Waals surface area contributed by atoms with E-state index < -0.39 is 11.6 Å². The van der Waals surface area contributed by atoms with Gasteiger partial charge in [0, 0.05) is 16.5 Å². The normalized spacial score (nSPS) is 24.8. The molecule has 0 heterocycles. The first kappa shape index (κ1) is 14.0. The van der Waals surface area contributed by atoms with Crippen LogP contribution in [-0.2, 0) is 0 Å². The van der Waals surface area contributed by atoms with Gasteiger partial charge in [0.1, 0.15) is 11.6 Å². The van der Waals surface area contributed by atoms with Gasteiger partial charge < -0.3 is 0 Å². The summed E-state index contributed by atoms with van der Waals surface area (Å²) in [6.45, 7) is 4.49. The molecule has 0 aliphatic heterocycles. The smallest absolute Gasteiger partial charge is 0.130 e. The van der Waals surface area contributed by atoms with Gasteiger partial charge in [0.2, 0.25) is 0 Å². The third-order valence-electron chi connectivity index (χ3n) is 4.20. The molecule has 1 fully saturated rings. The Morgan fingerprint density at radius 3 is 2.61 bits per heavy atom. The van der Waals surface area contributed by atoms with Crippen LogP contribution < -0.4 is 0 Å². The molecule has 0 amide bonds. The first-order chi connectivity index (χ1) is 8.42. The fourth-order valence-electron chi connectivity index (χ4n) is 3.01. The fraction of sp³-hybridized carbons (Fsp3) is 0.600. The van der Waals surface area contributed by atoms with E-state index in [2.05, 4.69) is 29.8 Å². The molecule has 0 bridgehead atoms. The van der Waals surface area contributed by atoms with Crippen LogP contribution in [-0.4, -0.2) is 0 Å². The molecule has 0 saturated heterocycles. The number of halogens is 3. The summed E-state index contributed by atoms with van der Waals surface area (Å²) in [4.78, 5) is -0.0339. The lowest BCUT2D eigenvalue weighted by molar-refractivity contribution is 0.136. The monoisotopic (exact) mass is 316 g/mol. The van der Waals surface area contributed by atoms with Crippen molar-refractivity contribution in [1.82, 2.24) is 0 Å². The van der Waals surface area contributed by atoms with E-state index in [1.165, 1.54) is 25.3 Å². The zero-order chi connectivity index (χ0) is 13.3. The predicted octanol–water partition coefficient (Wildman–Crippen LogP) is 5.62. The van der Waals surface area contributed by atoms with Crippen LogP contribution in [0.25, 0.3) is 0 Å². The largest absolute Gasteiger partial charge is 0.207 e. The quantitative estimate of drug-likeness (QED) is 0.621. The van der Waals surface area contributed by atoms with E-state index in [0.29, 0.717) is 11.5 Å². The van der Waals surface area contributed by atoms with Crippen LogP contribution in [0.1, 0.15) is 49.9 Å². The van der Waals surface area contributed by atoms with Gasteiger partial charge in [-0.2, -0.15) is 0 Å². The summed E-state index contributed by atoms with van der Waals surface area (Å²) >= 11 is 3.64. The minimum absolute atomic E-state index is 0.0339. The minimum atomic E-state index is -0.515. The standard InChI is InChI=1S/C15H19BrF2/c1-15(2)8-4-3-5-12(15)14(16)11-7-6-10(17)9-13(11)18/h6-7,9,12,14H,3-5,8H2,1-2H3. The van der Waals surface area contributed by atoms with Crippen LogP contribution in [0.3, 0.4) is 0 Å². The molecule has 1 aliphatic carbocycles. The molecule has 2 unspecified atom stereocenters. The van der Waals surface area contributed by atoms with Gasteiger partial charge >= 0.3 is 0 Å². The van der Waals surface area contributed by atoms with E-state index in [9.17, 15) is 8.78 Å². The lowest BCUT2D eigenvalue weighted by atomic mass is 9.67. The first-order valence-electron chi connectivity index (χ1n) is 6.51. The summed E-state index contributed by atoms with van der Waals surface area (Å²) in [6, 6.07) is 3.87. The molecule has 0 spiro atoms. The molecule has 2 rings (SSSR count). The predicted molar refractivity (Wildman–Crippen MR) is 73.8 cm³/mol. The average molecular weight is 317 g/mol. The molecule has 2 atom stereocenters. The molecule has 1 aliphatic rings.